The highest BCUT2D eigenvalue weighted by Gasteiger charge is 2.04. The third-order valence-electron chi connectivity index (χ3n) is 2.09. The Hall–Kier alpha value is -0.510. The van der Waals surface area contributed by atoms with Crippen LogP contribution < -0.4 is 0 Å². The van der Waals surface area contributed by atoms with Crippen molar-refractivity contribution in [3.63, 3.8) is 0 Å². The maximum Gasteiger partial charge on any atom is 0.0652 e. The van der Waals surface area contributed by atoms with Gasteiger partial charge in [-0.1, -0.05) is 26.7 Å². The number of rotatable bonds is 5. The van der Waals surface area contributed by atoms with Gasteiger partial charge in [-0.15, -0.1) is 0 Å². The molecule has 2 atom stereocenters. The highest BCUT2D eigenvalue weighted by Crippen LogP contribution is 2.15. The van der Waals surface area contributed by atoms with E-state index >= 15 is 0 Å². The van der Waals surface area contributed by atoms with Gasteiger partial charge < -0.3 is 0 Å². The van der Waals surface area contributed by atoms with Crippen LogP contribution in [0.1, 0.15) is 46.5 Å². The average Bonchev–Trinajstić information content (AvgIpc) is 2.01. The first kappa shape index (κ1) is 10.5. The standard InChI is InChI=1S/C10H19N/c1-4-5-9(2)6-7-10(3)8-11/h9-10H,4-7H2,1-3H3. The molecule has 0 heterocycles. The van der Waals surface area contributed by atoms with Crippen molar-refractivity contribution in [2.45, 2.75) is 46.5 Å². The summed E-state index contributed by atoms with van der Waals surface area (Å²) in [5.74, 6) is 1.05. The molecule has 2 unspecified atom stereocenters. The second kappa shape index (κ2) is 6.22. The quantitative estimate of drug-likeness (QED) is 0.594. The summed E-state index contributed by atoms with van der Waals surface area (Å²) < 4.78 is 0. The van der Waals surface area contributed by atoms with Crippen molar-refractivity contribution >= 4 is 0 Å². The third kappa shape index (κ3) is 5.91. The molecule has 0 rings (SSSR count). The Morgan fingerprint density at radius 2 is 1.82 bits per heavy atom. The minimum absolute atomic E-state index is 0.245. The average molecular weight is 153 g/mol. The van der Waals surface area contributed by atoms with Crippen molar-refractivity contribution in [1.29, 1.82) is 5.26 Å². The van der Waals surface area contributed by atoms with Crippen LogP contribution in [0.25, 0.3) is 0 Å². The molecule has 0 radical (unpaired) electrons. The Kier molecular flexibility index (Phi) is 5.93. The summed E-state index contributed by atoms with van der Waals surface area (Å²) in [4.78, 5) is 0. The normalized spacial score (nSPS) is 15.5. The molecule has 0 spiro atoms. The smallest absolute Gasteiger partial charge is 0.0652 e. The lowest BCUT2D eigenvalue weighted by atomic mass is 9.96. The SMILES string of the molecule is CCCC(C)CCC(C)C#N. The molecule has 0 N–H and O–H groups in total. The summed E-state index contributed by atoms with van der Waals surface area (Å²) in [6.45, 7) is 6.48. The summed E-state index contributed by atoms with van der Waals surface area (Å²) in [6, 6.07) is 2.26. The molecule has 0 aromatic rings. The lowest BCUT2D eigenvalue weighted by Gasteiger charge is -2.09. The summed E-state index contributed by atoms with van der Waals surface area (Å²) in [6.07, 6.45) is 4.85. The number of hydrogen-bond donors (Lipinski definition) is 0. The van der Waals surface area contributed by atoms with E-state index in [-0.39, 0.29) is 5.92 Å². The molecular weight excluding hydrogens is 134 g/mol. The van der Waals surface area contributed by atoms with Gasteiger partial charge >= 0.3 is 0 Å². The second-order valence-corrected chi connectivity index (χ2v) is 3.50. The van der Waals surface area contributed by atoms with E-state index in [4.69, 9.17) is 5.26 Å². The van der Waals surface area contributed by atoms with Crippen LogP contribution in [0.2, 0.25) is 0 Å². The van der Waals surface area contributed by atoms with Gasteiger partial charge in [-0.25, -0.2) is 0 Å². The van der Waals surface area contributed by atoms with Gasteiger partial charge in [0.1, 0.15) is 0 Å². The van der Waals surface area contributed by atoms with Gasteiger partial charge in [-0.05, 0) is 25.7 Å². The van der Waals surface area contributed by atoms with E-state index in [2.05, 4.69) is 19.9 Å². The predicted octanol–water partition coefficient (Wildman–Crippen LogP) is 3.36. The number of nitrogens with zero attached hydrogens (tertiary/aromatic N) is 1. The summed E-state index contributed by atoms with van der Waals surface area (Å²) >= 11 is 0. The highest BCUT2D eigenvalue weighted by atomic mass is 14.3. The number of hydrogen-bond acceptors (Lipinski definition) is 1. The van der Waals surface area contributed by atoms with Crippen LogP contribution in [-0.4, -0.2) is 0 Å². The van der Waals surface area contributed by atoms with Gasteiger partial charge in [0.2, 0.25) is 0 Å². The maximum atomic E-state index is 8.53. The van der Waals surface area contributed by atoms with Crippen molar-refractivity contribution in [1.82, 2.24) is 0 Å². The van der Waals surface area contributed by atoms with Crippen LogP contribution in [-0.2, 0) is 0 Å². The molecule has 0 aliphatic heterocycles. The summed E-state index contributed by atoms with van der Waals surface area (Å²) in [5.41, 5.74) is 0. The van der Waals surface area contributed by atoms with Gasteiger partial charge in [0.05, 0.1) is 6.07 Å². The van der Waals surface area contributed by atoms with Gasteiger partial charge in [-0.3, -0.25) is 0 Å². The van der Waals surface area contributed by atoms with E-state index in [1.165, 1.54) is 19.3 Å². The first-order valence-corrected chi connectivity index (χ1v) is 4.60. The van der Waals surface area contributed by atoms with Gasteiger partial charge in [0.15, 0.2) is 0 Å². The molecule has 0 aliphatic rings. The molecule has 0 amide bonds. The van der Waals surface area contributed by atoms with Crippen LogP contribution in [0.15, 0.2) is 0 Å². The zero-order valence-corrected chi connectivity index (χ0v) is 7.93. The van der Waals surface area contributed by atoms with E-state index in [0.717, 1.165) is 12.3 Å². The molecule has 1 nitrogen and oxygen atoms in total. The molecular formula is C10H19N. The number of nitriles is 1. The Labute approximate surface area is 70.4 Å². The topological polar surface area (TPSA) is 23.8 Å². The first-order chi connectivity index (χ1) is 5.20. The molecule has 0 saturated heterocycles. The van der Waals surface area contributed by atoms with Crippen LogP contribution >= 0.6 is 0 Å². The van der Waals surface area contributed by atoms with Crippen molar-refractivity contribution in [2.75, 3.05) is 0 Å². The lowest BCUT2D eigenvalue weighted by molar-refractivity contribution is 0.443. The second-order valence-electron chi connectivity index (χ2n) is 3.50. The van der Waals surface area contributed by atoms with Crippen molar-refractivity contribution < 1.29 is 0 Å². The fraction of sp³-hybridized carbons (Fsp3) is 0.900. The van der Waals surface area contributed by atoms with Gasteiger partial charge in [0, 0.05) is 5.92 Å². The van der Waals surface area contributed by atoms with Crippen molar-refractivity contribution in [3.8, 4) is 6.07 Å². The largest absolute Gasteiger partial charge is 0.198 e. The Morgan fingerprint density at radius 3 is 2.27 bits per heavy atom. The lowest BCUT2D eigenvalue weighted by Crippen LogP contribution is -1.97. The predicted molar refractivity (Wildman–Crippen MR) is 48.1 cm³/mol. The van der Waals surface area contributed by atoms with Crippen LogP contribution in [0.4, 0.5) is 0 Å². The molecule has 11 heavy (non-hydrogen) atoms. The Morgan fingerprint density at radius 1 is 1.18 bits per heavy atom. The third-order valence-corrected chi connectivity index (χ3v) is 2.09. The van der Waals surface area contributed by atoms with Gasteiger partial charge in [-0.2, -0.15) is 5.26 Å². The van der Waals surface area contributed by atoms with Crippen molar-refractivity contribution in [3.05, 3.63) is 0 Å². The van der Waals surface area contributed by atoms with Crippen LogP contribution in [0, 0.1) is 23.2 Å². The van der Waals surface area contributed by atoms with E-state index < -0.39 is 0 Å². The summed E-state index contributed by atoms with van der Waals surface area (Å²) in [7, 11) is 0. The molecule has 0 aromatic heterocycles. The van der Waals surface area contributed by atoms with E-state index in [0.29, 0.717) is 0 Å². The Balaban J connectivity index is 3.31. The molecule has 0 aliphatic carbocycles. The highest BCUT2D eigenvalue weighted by molar-refractivity contribution is 4.78. The fourth-order valence-electron chi connectivity index (χ4n) is 1.24. The van der Waals surface area contributed by atoms with E-state index in [1.54, 1.807) is 0 Å². The molecule has 64 valence electrons. The van der Waals surface area contributed by atoms with Crippen molar-refractivity contribution in [2.24, 2.45) is 11.8 Å². The molecule has 0 bridgehead atoms. The first-order valence-electron chi connectivity index (χ1n) is 4.60. The van der Waals surface area contributed by atoms with E-state index in [1.807, 2.05) is 6.92 Å². The van der Waals surface area contributed by atoms with E-state index in [9.17, 15) is 0 Å². The van der Waals surface area contributed by atoms with Crippen LogP contribution in [0.5, 0.6) is 0 Å². The van der Waals surface area contributed by atoms with Gasteiger partial charge in [0.25, 0.3) is 0 Å². The van der Waals surface area contributed by atoms with Crippen LogP contribution in [0.3, 0.4) is 0 Å². The molecule has 0 aromatic carbocycles. The monoisotopic (exact) mass is 153 g/mol. The minimum atomic E-state index is 0.245. The zero-order chi connectivity index (χ0) is 8.69. The molecule has 0 fully saturated rings. The fourth-order valence-corrected chi connectivity index (χ4v) is 1.24. The molecule has 1 heteroatoms. The molecule has 0 saturated carbocycles. The summed E-state index contributed by atoms with van der Waals surface area (Å²) in [5, 5.41) is 8.53. The minimum Gasteiger partial charge on any atom is -0.198 e. The maximum absolute atomic E-state index is 8.53. The Bertz CT molecular complexity index is 123. The zero-order valence-electron chi connectivity index (χ0n) is 7.93.